The highest BCUT2D eigenvalue weighted by molar-refractivity contribution is 7.90. The summed E-state index contributed by atoms with van der Waals surface area (Å²) in [5, 5.41) is 3.58. The summed E-state index contributed by atoms with van der Waals surface area (Å²) >= 11 is 0. The van der Waals surface area contributed by atoms with Gasteiger partial charge < -0.3 is 15.0 Å². The Morgan fingerprint density at radius 3 is 2.16 bits per heavy atom. The smallest absolute Gasteiger partial charge is 0.217 e. The van der Waals surface area contributed by atoms with Gasteiger partial charge in [-0.15, -0.1) is 0 Å². The van der Waals surface area contributed by atoms with Crippen LogP contribution in [0.4, 0.5) is 11.4 Å². The predicted octanol–water partition coefficient (Wildman–Crippen LogP) is 4.38. The summed E-state index contributed by atoms with van der Waals surface area (Å²) in [6.07, 6.45) is 5.06. The van der Waals surface area contributed by atoms with Gasteiger partial charge in [-0.2, -0.15) is 0 Å². The van der Waals surface area contributed by atoms with Crippen molar-refractivity contribution >= 4 is 21.4 Å². The van der Waals surface area contributed by atoms with Crippen molar-refractivity contribution in [3.05, 3.63) is 24.3 Å². The first kappa shape index (κ1) is 24.3. The Morgan fingerprint density at radius 1 is 1.03 bits per heavy atom. The highest BCUT2D eigenvalue weighted by Gasteiger charge is 2.35. The topological polar surface area (TPSA) is 70.7 Å². The molecule has 176 valence electrons. The molecule has 31 heavy (non-hydrogen) atoms. The number of rotatable bonds is 8. The highest BCUT2D eigenvalue weighted by Crippen LogP contribution is 2.28. The molecule has 2 aliphatic rings. The van der Waals surface area contributed by atoms with Crippen molar-refractivity contribution in [2.24, 2.45) is 5.92 Å². The van der Waals surface area contributed by atoms with E-state index in [0.717, 1.165) is 51.0 Å². The fraction of sp³-hybridized carbons (Fsp3) is 0.750. The molecule has 0 amide bonds. The van der Waals surface area contributed by atoms with Gasteiger partial charge in [0.15, 0.2) is 0 Å². The van der Waals surface area contributed by atoms with E-state index in [0.29, 0.717) is 12.3 Å². The minimum absolute atomic E-state index is 0.0738. The lowest BCUT2D eigenvalue weighted by Gasteiger charge is -2.37. The van der Waals surface area contributed by atoms with Crippen molar-refractivity contribution in [2.45, 2.75) is 89.7 Å². The summed E-state index contributed by atoms with van der Waals surface area (Å²) in [6, 6.07) is 8.77. The molecule has 2 atom stereocenters. The van der Waals surface area contributed by atoms with Gasteiger partial charge in [0, 0.05) is 37.1 Å². The lowest BCUT2D eigenvalue weighted by molar-refractivity contribution is -0.00521. The second-order valence-electron chi connectivity index (χ2n) is 10.0. The zero-order valence-corrected chi connectivity index (χ0v) is 20.7. The van der Waals surface area contributed by atoms with Crippen molar-refractivity contribution in [3.8, 4) is 0 Å². The summed E-state index contributed by atoms with van der Waals surface area (Å²) in [6.45, 7) is 12.6. The minimum Gasteiger partial charge on any atom is -0.385 e. The second-order valence-corrected chi connectivity index (χ2v) is 12.4. The van der Waals surface area contributed by atoms with E-state index in [1.165, 1.54) is 5.69 Å². The summed E-state index contributed by atoms with van der Waals surface area (Å²) in [4.78, 5) is 2.39. The van der Waals surface area contributed by atoms with Crippen LogP contribution in [-0.2, 0) is 14.8 Å². The lowest BCUT2D eigenvalue weighted by atomic mass is 9.86. The standard InChI is InChI=1S/C24H41N3O3S/c1-6-24(4,5)31(28,29)26-22-9-7-20(8-10-22)15-25-21-11-13-23(14-12-21)27-16-18(2)30-19(3)17-27/h11-14,18-20,22,25-26H,6-10,15-17H2,1-5H3. The Labute approximate surface area is 189 Å². The van der Waals surface area contributed by atoms with Gasteiger partial charge in [-0.25, -0.2) is 13.1 Å². The fourth-order valence-corrected chi connectivity index (χ4v) is 5.87. The monoisotopic (exact) mass is 451 g/mol. The largest absolute Gasteiger partial charge is 0.385 e. The number of hydrogen-bond acceptors (Lipinski definition) is 5. The summed E-state index contributed by atoms with van der Waals surface area (Å²) in [5.41, 5.74) is 2.39. The van der Waals surface area contributed by atoms with Crippen molar-refractivity contribution in [2.75, 3.05) is 29.9 Å². The van der Waals surface area contributed by atoms with Crippen LogP contribution in [0.25, 0.3) is 0 Å². The van der Waals surface area contributed by atoms with Gasteiger partial charge in [-0.1, -0.05) is 6.92 Å². The van der Waals surface area contributed by atoms with Crippen LogP contribution in [0, 0.1) is 5.92 Å². The van der Waals surface area contributed by atoms with E-state index in [-0.39, 0.29) is 18.2 Å². The normalized spacial score (nSPS) is 27.8. The molecule has 1 aliphatic carbocycles. The van der Waals surface area contributed by atoms with Crippen LogP contribution in [0.5, 0.6) is 0 Å². The summed E-state index contributed by atoms with van der Waals surface area (Å²) in [7, 11) is -3.28. The van der Waals surface area contributed by atoms with Crippen molar-refractivity contribution in [1.29, 1.82) is 0 Å². The first-order valence-electron chi connectivity index (χ1n) is 11.9. The molecule has 1 saturated carbocycles. The molecule has 0 spiro atoms. The Bertz CT molecular complexity index is 792. The maximum absolute atomic E-state index is 12.6. The molecule has 7 heteroatoms. The van der Waals surface area contributed by atoms with Gasteiger partial charge in [-0.05, 0) is 90.0 Å². The molecule has 0 bridgehead atoms. The molecular formula is C24H41N3O3S. The van der Waals surface area contributed by atoms with Crippen LogP contribution in [0.3, 0.4) is 0 Å². The Morgan fingerprint density at radius 2 is 1.61 bits per heavy atom. The molecule has 3 rings (SSSR count). The number of hydrogen-bond donors (Lipinski definition) is 2. The van der Waals surface area contributed by atoms with Gasteiger partial charge >= 0.3 is 0 Å². The van der Waals surface area contributed by atoms with E-state index in [9.17, 15) is 8.42 Å². The van der Waals surface area contributed by atoms with E-state index < -0.39 is 14.8 Å². The molecule has 2 N–H and O–H groups in total. The number of sulfonamides is 1. The number of nitrogens with one attached hydrogen (secondary N) is 2. The average molecular weight is 452 g/mol. The number of benzene rings is 1. The van der Waals surface area contributed by atoms with Crippen LogP contribution in [0.2, 0.25) is 0 Å². The average Bonchev–Trinajstić information content (AvgIpc) is 2.72. The molecule has 1 aromatic rings. The molecule has 1 heterocycles. The van der Waals surface area contributed by atoms with Crippen LogP contribution in [0.1, 0.15) is 66.7 Å². The van der Waals surface area contributed by atoms with Gasteiger partial charge in [-0.3, -0.25) is 0 Å². The second kappa shape index (κ2) is 10.1. The lowest BCUT2D eigenvalue weighted by Crippen LogP contribution is -2.47. The third-order valence-corrected chi connectivity index (χ3v) is 9.38. The summed E-state index contributed by atoms with van der Waals surface area (Å²) in [5.74, 6) is 0.584. The Hall–Kier alpha value is -1.31. The maximum atomic E-state index is 12.6. The van der Waals surface area contributed by atoms with E-state index in [4.69, 9.17) is 4.74 Å². The molecule has 0 radical (unpaired) electrons. The van der Waals surface area contributed by atoms with Gasteiger partial charge in [0.25, 0.3) is 0 Å². The quantitative estimate of drug-likeness (QED) is 0.614. The SMILES string of the molecule is CCC(C)(C)S(=O)(=O)NC1CCC(CNc2ccc(N3CC(C)OC(C)C3)cc2)CC1. The van der Waals surface area contributed by atoms with Crippen molar-refractivity contribution in [1.82, 2.24) is 4.72 Å². The van der Waals surface area contributed by atoms with E-state index in [1.807, 2.05) is 6.92 Å². The first-order chi connectivity index (χ1) is 14.6. The number of anilines is 2. The Balaban J connectivity index is 1.44. The molecule has 1 aromatic carbocycles. The van der Waals surface area contributed by atoms with E-state index in [1.54, 1.807) is 13.8 Å². The third kappa shape index (κ3) is 6.36. The number of nitrogens with zero attached hydrogens (tertiary/aromatic N) is 1. The van der Waals surface area contributed by atoms with Gasteiger partial charge in [0.1, 0.15) is 0 Å². The Kier molecular flexibility index (Phi) is 7.92. The number of ether oxygens (including phenoxy) is 1. The molecule has 1 saturated heterocycles. The molecule has 1 aliphatic heterocycles. The first-order valence-corrected chi connectivity index (χ1v) is 13.3. The molecule has 2 unspecified atom stereocenters. The highest BCUT2D eigenvalue weighted by atomic mass is 32.2. The van der Waals surface area contributed by atoms with E-state index in [2.05, 4.69) is 53.1 Å². The van der Waals surface area contributed by atoms with Crippen molar-refractivity contribution in [3.63, 3.8) is 0 Å². The van der Waals surface area contributed by atoms with E-state index >= 15 is 0 Å². The van der Waals surface area contributed by atoms with Crippen LogP contribution >= 0.6 is 0 Å². The molecule has 2 fully saturated rings. The predicted molar refractivity (Wildman–Crippen MR) is 129 cm³/mol. The van der Waals surface area contributed by atoms with Crippen molar-refractivity contribution < 1.29 is 13.2 Å². The summed E-state index contributed by atoms with van der Waals surface area (Å²) < 4.78 is 33.3. The number of morpholine rings is 1. The maximum Gasteiger partial charge on any atom is 0.217 e. The molecular weight excluding hydrogens is 410 g/mol. The fourth-order valence-electron chi connectivity index (χ4n) is 4.49. The molecule has 6 nitrogen and oxygen atoms in total. The molecule has 0 aromatic heterocycles. The van der Waals surface area contributed by atoms with Gasteiger partial charge in [0.2, 0.25) is 10.0 Å². The van der Waals surface area contributed by atoms with Gasteiger partial charge in [0.05, 0.1) is 17.0 Å². The zero-order chi connectivity index (χ0) is 22.6. The third-order valence-electron chi connectivity index (χ3n) is 6.99. The zero-order valence-electron chi connectivity index (χ0n) is 19.9. The van der Waals surface area contributed by atoms with Crippen LogP contribution in [-0.4, -0.2) is 51.0 Å². The van der Waals surface area contributed by atoms with Crippen LogP contribution < -0.4 is 14.9 Å². The minimum atomic E-state index is -3.28. The van der Waals surface area contributed by atoms with Crippen LogP contribution in [0.15, 0.2) is 24.3 Å².